The van der Waals surface area contributed by atoms with Gasteiger partial charge in [0, 0.05) is 25.3 Å². The van der Waals surface area contributed by atoms with Crippen molar-refractivity contribution in [2.75, 3.05) is 13.2 Å². The van der Waals surface area contributed by atoms with Crippen molar-refractivity contribution in [1.82, 2.24) is 10.6 Å². The van der Waals surface area contributed by atoms with Gasteiger partial charge < -0.3 is 15.4 Å². The van der Waals surface area contributed by atoms with Crippen LogP contribution in [0.5, 0.6) is 0 Å². The maximum Gasteiger partial charge on any atom is 0.251 e. The Morgan fingerprint density at radius 1 is 1.32 bits per heavy atom. The van der Waals surface area contributed by atoms with Crippen LogP contribution in [0.1, 0.15) is 34.3 Å². The number of carbonyl (C=O) groups is 1. The van der Waals surface area contributed by atoms with Gasteiger partial charge in [-0.2, -0.15) is 0 Å². The molecule has 0 radical (unpaired) electrons. The highest BCUT2D eigenvalue weighted by atomic mass is 35.5. The van der Waals surface area contributed by atoms with Crippen LogP contribution < -0.4 is 10.6 Å². The first-order valence-corrected chi connectivity index (χ1v) is 6.54. The summed E-state index contributed by atoms with van der Waals surface area (Å²) in [4.78, 5) is 12.1. The van der Waals surface area contributed by atoms with Gasteiger partial charge in [-0.3, -0.25) is 4.79 Å². The van der Waals surface area contributed by atoms with Crippen molar-refractivity contribution < 1.29 is 9.53 Å². The van der Waals surface area contributed by atoms with E-state index < -0.39 is 0 Å². The molecule has 1 fully saturated rings. The summed E-state index contributed by atoms with van der Waals surface area (Å²) in [5, 5.41) is 6.33. The van der Waals surface area contributed by atoms with Gasteiger partial charge in [0.15, 0.2) is 0 Å². The van der Waals surface area contributed by atoms with Crippen LogP contribution in [0, 0.1) is 0 Å². The summed E-state index contributed by atoms with van der Waals surface area (Å²) < 4.78 is 5.37. The third-order valence-corrected chi connectivity index (χ3v) is 3.59. The van der Waals surface area contributed by atoms with Crippen LogP contribution in [0.3, 0.4) is 0 Å². The van der Waals surface area contributed by atoms with Gasteiger partial charge in [0.1, 0.15) is 0 Å². The highest BCUT2D eigenvalue weighted by Crippen LogP contribution is 2.17. The Morgan fingerprint density at radius 2 is 2.16 bits per heavy atom. The van der Waals surface area contributed by atoms with Crippen molar-refractivity contribution in [2.45, 2.75) is 32.0 Å². The summed E-state index contributed by atoms with van der Waals surface area (Å²) in [5.74, 6) is 0.0141. The number of rotatable bonds is 2. The first-order chi connectivity index (χ1) is 8.83. The minimum Gasteiger partial charge on any atom is -0.379 e. The zero-order valence-electron chi connectivity index (χ0n) is 10.8. The van der Waals surface area contributed by atoms with Gasteiger partial charge in [-0.25, -0.2) is 0 Å². The van der Waals surface area contributed by atoms with E-state index in [1.54, 1.807) is 0 Å². The molecule has 1 atom stereocenters. The van der Waals surface area contributed by atoms with Crippen molar-refractivity contribution in [3.05, 3.63) is 34.9 Å². The van der Waals surface area contributed by atoms with Crippen molar-refractivity contribution in [3.63, 3.8) is 0 Å². The molecule has 19 heavy (non-hydrogen) atoms. The first-order valence-electron chi connectivity index (χ1n) is 6.54. The van der Waals surface area contributed by atoms with Crippen LogP contribution in [-0.4, -0.2) is 25.2 Å². The third-order valence-electron chi connectivity index (χ3n) is 3.59. The predicted molar refractivity (Wildman–Crippen MR) is 75.5 cm³/mol. The van der Waals surface area contributed by atoms with Crippen LogP contribution in [0.15, 0.2) is 18.2 Å². The molecule has 2 aliphatic heterocycles. The molecule has 1 saturated heterocycles. The number of benzene rings is 1. The van der Waals surface area contributed by atoms with E-state index in [1.807, 2.05) is 18.2 Å². The van der Waals surface area contributed by atoms with Crippen LogP contribution in [0.2, 0.25) is 0 Å². The van der Waals surface area contributed by atoms with E-state index in [9.17, 15) is 4.79 Å². The summed E-state index contributed by atoms with van der Waals surface area (Å²) in [7, 11) is 0. The van der Waals surface area contributed by atoms with E-state index in [0.29, 0.717) is 6.61 Å². The second-order valence-electron chi connectivity index (χ2n) is 4.97. The molecule has 1 unspecified atom stereocenters. The average molecular weight is 283 g/mol. The lowest BCUT2D eigenvalue weighted by atomic mass is 10.0. The molecule has 104 valence electrons. The predicted octanol–water partition coefficient (Wildman–Crippen LogP) is 1.62. The van der Waals surface area contributed by atoms with E-state index in [-0.39, 0.29) is 24.4 Å². The minimum absolute atomic E-state index is 0. The number of amides is 1. The highest BCUT2D eigenvalue weighted by molar-refractivity contribution is 5.94. The molecule has 0 aliphatic carbocycles. The molecule has 0 saturated carbocycles. The van der Waals surface area contributed by atoms with E-state index >= 15 is 0 Å². The second-order valence-corrected chi connectivity index (χ2v) is 4.97. The average Bonchev–Trinajstić information content (AvgIpc) is 2.87. The van der Waals surface area contributed by atoms with Gasteiger partial charge in [0.25, 0.3) is 5.91 Å². The zero-order chi connectivity index (χ0) is 12.4. The van der Waals surface area contributed by atoms with Gasteiger partial charge in [-0.1, -0.05) is 6.07 Å². The van der Waals surface area contributed by atoms with E-state index in [2.05, 4.69) is 10.6 Å². The van der Waals surface area contributed by atoms with Gasteiger partial charge in [0.2, 0.25) is 0 Å². The van der Waals surface area contributed by atoms with Crippen LogP contribution in [-0.2, 0) is 17.8 Å². The molecule has 4 nitrogen and oxygen atoms in total. The first kappa shape index (κ1) is 14.3. The van der Waals surface area contributed by atoms with Crippen LogP contribution >= 0.6 is 12.4 Å². The smallest absolute Gasteiger partial charge is 0.251 e. The number of ether oxygens (including phenoxy) is 1. The lowest BCUT2D eigenvalue weighted by Crippen LogP contribution is -2.40. The Kier molecular flexibility index (Phi) is 4.80. The number of carbonyl (C=O) groups excluding carboxylic acids is 1. The van der Waals surface area contributed by atoms with Crippen molar-refractivity contribution in [1.29, 1.82) is 0 Å². The maximum atomic E-state index is 12.1. The van der Waals surface area contributed by atoms with Gasteiger partial charge >= 0.3 is 0 Å². The third kappa shape index (κ3) is 3.26. The van der Waals surface area contributed by atoms with Gasteiger partial charge in [0.05, 0.1) is 12.6 Å². The fourth-order valence-corrected chi connectivity index (χ4v) is 2.56. The molecule has 3 rings (SSSR count). The van der Waals surface area contributed by atoms with Crippen molar-refractivity contribution in [2.24, 2.45) is 0 Å². The molecule has 2 N–H and O–H groups in total. The van der Waals surface area contributed by atoms with Gasteiger partial charge in [-0.15, -0.1) is 12.4 Å². The van der Waals surface area contributed by atoms with Gasteiger partial charge in [-0.05, 0) is 36.1 Å². The standard InChI is InChI=1S/C14H18N2O2.ClH/c17-14(16-13-2-1-5-18-9-13)10-3-4-11-7-15-8-12(11)6-10;/h3-4,6,13,15H,1-2,5,7-9H2,(H,16,17);1H. The fraction of sp³-hybridized carbons (Fsp3) is 0.500. The monoisotopic (exact) mass is 282 g/mol. The largest absolute Gasteiger partial charge is 0.379 e. The lowest BCUT2D eigenvalue weighted by Gasteiger charge is -2.23. The summed E-state index contributed by atoms with van der Waals surface area (Å²) in [6.07, 6.45) is 2.04. The van der Waals surface area contributed by atoms with Crippen molar-refractivity contribution in [3.8, 4) is 0 Å². The Balaban J connectivity index is 0.00000133. The SMILES string of the molecule is Cl.O=C(NC1CCCOC1)c1ccc2c(c1)CNC2. The Labute approximate surface area is 119 Å². The molecule has 1 aromatic carbocycles. The number of hydrogen-bond donors (Lipinski definition) is 2. The molecule has 0 bridgehead atoms. The Bertz CT molecular complexity index is 459. The Hall–Kier alpha value is -1.10. The summed E-state index contributed by atoms with van der Waals surface area (Å²) in [6.45, 7) is 3.23. The lowest BCUT2D eigenvalue weighted by molar-refractivity contribution is 0.0624. The minimum atomic E-state index is 0. The summed E-state index contributed by atoms with van der Waals surface area (Å²) in [5.41, 5.74) is 3.29. The molecule has 2 aliphatic rings. The van der Waals surface area contributed by atoms with E-state index in [4.69, 9.17) is 4.74 Å². The topological polar surface area (TPSA) is 50.4 Å². The number of fused-ring (bicyclic) bond motifs is 1. The molecule has 0 aromatic heterocycles. The molecule has 5 heteroatoms. The maximum absolute atomic E-state index is 12.1. The molecular formula is C14H19ClN2O2. The number of hydrogen-bond acceptors (Lipinski definition) is 3. The Morgan fingerprint density at radius 3 is 2.95 bits per heavy atom. The number of halogens is 1. The van der Waals surface area contributed by atoms with Crippen molar-refractivity contribution >= 4 is 18.3 Å². The van der Waals surface area contributed by atoms with Crippen LogP contribution in [0.4, 0.5) is 0 Å². The number of nitrogens with one attached hydrogen (secondary N) is 2. The summed E-state index contributed by atoms with van der Waals surface area (Å²) in [6, 6.07) is 6.11. The normalized spacial score (nSPS) is 21.4. The fourth-order valence-electron chi connectivity index (χ4n) is 2.56. The molecule has 0 spiro atoms. The highest BCUT2D eigenvalue weighted by Gasteiger charge is 2.18. The molecule has 1 amide bonds. The molecule has 1 aromatic rings. The zero-order valence-corrected chi connectivity index (χ0v) is 11.6. The summed E-state index contributed by atoms with van der Waals surface area (Å²) >= 11 is 0. The van der Waals surface area contributed by atoms with E-state index in [0.717, 1.165) is 38.1 Å². The quantitative estimate of drug-likeness (QED) is 0.867. The molecule has 2 heterocycles. The van der Waals surface area contributed by atoms with Crippen LogP contribution in [0.25, 0.3) is 0 Å². The molecular weight excluding hydrogens is 264 g/mol. The van der Waals surface area contributed by atoms with E-state index in [1.165, 1.54) is 11.1 Å². The second kappa shape index (κ2) is 6.37.